The van der Waals surface area contributed by atoms with Gasteiger partial charge in [0.2, 0.25) is 0 Å². The Bertz CT molecular complexity index is 376. The highest BCUT2D eigenvalue weighted by atomic mass is 16.3. The molecule has 17 heavy (non-hydrogen) atoms. The van der Waals surface area contributed by atoms with Crippen LogP contribution in [0.5, 0.6) is 0 Å². The fraction of sp³-hybridized carbons (Fsp3) is 0.833. The summed E-state index contributed by atoms with van der Waals surface area (Å²) in [6.45, 7) is 4.13. The lowest BCUT2D eigenvalue weighted by atomic mass is 9.80. The van der Waals surface area contributed by atoms with Gasteiger partial charge in [0, 0.05) is 18.5 Å². The third-order valence-corrected chi connectivity index (χ3v) is 3.48. The van der Waals surface area contributed by atoms with Crippen LogP contribution in [0.25, 0.3) is 0 Å². The highest BCUT2D eigenvalue weighted by Gasteiger charge is 2.34. The van der Waals surface area contributed by atoms with E-state index in [1.165, 1.54) is 0 Å². The molecule has 1 aliphatic rings. The number of hydrogen-bond acceptors (Lipinski definition) is 4. The summed E-state index contributed by atoms with van der Waals surface area (Å²) < 4.78 is 1.87. The van der Waals surface area contributed by atoms with Crippen molar-refractivity contribution in [2.24, 2.45) is 5.73 Å². The van der Waals surface area contributed by atoms with Crippen molar-refractivity contribution in [3.8, 4) is 0 Å². The minimum Gasteiger partial charge on any atom is -0.389 e. The lowest BCUT2D eigenvalue weighted by molar-refractivity contribution is -0.00458. The highest BCUT2D eigenvalue weighted by Crippen LogP contribution is 2.30. The average molecular weight is 238 g/mol. The Morgan fingerprint density at radius 2 is 2.41 bits per heavy atom. The van der Waals surface area contributed by atoms with Crippen LogP contribution in [0.3, 0.4) is 0 Å². The molecule has 0 amide bonds. The van der Waals surface area contributed by atoms with Crippen molar-refractivity contribution in [3.63, 3.8) is 0 Å². The van der Waals surface area contributed by atoms with E-state index in [0.29, 0.717) is 12.8 Å². The number of nitrogens with zero attached hydrogens (tertiary/aromatic N) is 3. The molecular formula is C12H22N4O. The molecular weight excluding hydrogens is 216 g/mol. The summed E-state index contributed by atoms with van der Waals surface area (Å²) in [4.78, 5) is 4.25. The molecule has 2 rings (SSSR count). The van der Waals surface area contributed by atoms with Gasteiger partial charge in [-0.25, -0.2) is 9.67 Å². The second kappa shape index (κ2) is 4.74. The Labute approximate surface area is 102 Å². The molecule has 2 atom stereocenters. The van der Waals surface area contributed by atoms with Gasteiger partial charge in [-0.3, -0.25) is 0 Å². The molecule has 0 spiro atoms. The summed E-state index contributed by atoms with van der Waals surface area (Å²) in [7, 11) is 0. The monoisotopic (exact) mass is 238 g/mol. The minimum absolute atomic E-state index is 0.115. The van der Waals surface area contributed by atoms with E-state index in [9.17, 15) is 5.11 Å². The van der Waals surface area contributed by atoms with Gasteiger partial charge in [-0.2, -0.15) is 5.10 Å². The predicted molar refractivity (Wildman–Crippen MR) is 65.5 cm³/mol. The van der Waals surface area contributed by atoms with Crippen molar-refractivity contribution in [2.75, 3.05) is 0 Å². The number of aliphatic hydroxyl groups is 1. The maximum atomic E-state index is 10.6. The zero-order chi connectivity index (χ0) is 12.5. The number of hydrogen-bond donors (Lipinski definition) is 2. The molecule has 1 aliphatic carbocycles. The van der Waals surface area contributed by atoms with E-state index < -0.39 is 5.60 Å². The Morgan fingerprint density at radius 3 is 3.06 bits per heavy atom. The fourth-order valence-electron chi connectivity index (χ4n) is 2.67. The predicted octanol–water partition coefficient (Wildman–Crippen LogP) is 1.03. The van der Waals surface area contributed by atoms with Crippen molar-refractivity contribution < 1.29 is 5.11 Å². The zero-order valence-electron chi connectivity index (χ0n) is 10.6. The van der Waals surface area contributed by atoms with Crippen LogP contribution >= 0.6 is 0 Å². The van der Waals surface area contributed by atoms with E-state index in [2.05, 4.69) is 23.9 Å². The fourth-order valence-corrected chi connectivity index (χ4v) is 2.67. The van der Waals surface area contributed by atoms with Gasteiger partial charge in [0.05, 0.1) is 5.60 Å². The first-order valence-corrected chi connectivity index (χ1v) is 6.36. The molecule has 0 saturated heterocycles. The second-order valence-electron chi connectivity index (χ2n) is 5.47. The van der Waals surface area contributed by atoms with Gasteiger partial charge >= 0.3 is 0 Å². The first-order valence-electron chi connectivity index (χ1n) is 6.36. The van der Waals surface area contributed by atoms with Crippen molar-refractivity contribution in [1.82, 2.24) is 14.8 Å². The third kappa shape index (κ3) is 2.84. The van der Waals surface area contributed by atoms with E-state index in [4.69, 9.17) is 5.73 Å². The maximum absolute atomic E-state index is 10.6. The second-order valence-corrected chi connectivity index (χ2v) is 5.47. The number of rotatable bonds is 3. The Hall–Kier alpha value is -0.940. The van der Waals surface area contributed by atoms with Crippen LogP contribution in [-0.2, 0) is 6.42 Å². The largest absolute Gasteiger partial charge is 0.389 e. The van der Waals surface area contributed by atoms with E-state index in [1.807, 2.05) is 4.68 Å². The molecule has 3 N–H and O–H groups in total. The molecule has 0 aromatic carbocycles. The van der Waals surface area contributed by atoms with Crippen LogP contribution < -0.4 is 5.73 Å². The summed E-state index contributed by atoms with van der Waals surface area (Å²) in [5, 5.41) is 14.8. The van der Waals surface area contributed by atoms with E-state index in [0.717, 1.165) is 25.1 Å². The van der Waals surface area contributed by atoms with Gasteiger partial charge in [-0.15, -0.1) is 0 Å². The van der Waals surface area contributed by atoms with Crippen LogP contribution in [0.1, 0.15) is 51.4 Å². The number of aromatic nitrogens is 3. The molecule has 1 aromatic rings. The molecule has 96 valence electrons. The van der Waals surface area contributed by atoms with Crippen LogP contribution in [0, 0.1) is 0 Å². The van der Waals surface area contributed by atoms with Gasteiger partial charge in [0.25, 0.3) is 0 Å². The molecule has 2 unspecified atom stereocenters. The summed E-state index contributed by atoms with van der Waals surface area (Å²) in [6.07, 6.45) is 5.59. The standard InChI is InChI=1S/C12H22N4O/c1-9(2)16-11(14-8-15-16)7-12(17)5-3-4-10(13)6-12/h8-10,17H,3-7,13H2,1-2H3. The summed E-state index contributed by atoms with van der Waals surface area (Å²) in [6, 6.07) is 0.387. The van der Waals surface area contributed by atoms with Gasteiger partial charge in [0.1, 0.15) is 12.2 Å². The van der Waals surface area contributed by atoms with Gasteiger partial charge in [-0.05, 0) is 39.5 Å². The highest BCUT2D eigenvalue weighted by molar-refractivity contribution is 4.99. The lowest BCUT2D eigenvalue weighted by Crippen LogP contribution is -2.43. The average Bonchev–Trinajstić information content (AvgIpc) is 2.64. The van der Waals surface area contributed by atoms with E-state index >= 15 is 0 Å². The minimum atomic E-state index is -0.697. The molecule has 0 radical (unpaired) electrons. The van der Waals surface area contributed by atoms with Gasteiger partial charge in [0.15, 0.2) is 0 Å². The molecule has 1 aromatic heterocycles. The quantitative estimate of drug-likeness (QED) is 0.824. The van der Waals surface area contributed by atoms with Crippen molar-refractivity contribution >= 4 is 0 Å². The van der Waals surface area contributed by atoms with Crippen LogP contribution in [0.15, 0.2) is 6.33 Å². The topological polar surface area (TPSA) is 77.0 Å². The molecule has 1 saturated carbocycles. The Kier molecular flexibility index (Phi) is 3.49. The first-order chi connectivity index (χ1) is 8.00. The molecule has 0 bridgehead atoms. The molecule has 0 aliphatic heterocycles. The summed E-state index contributed by atoms with van der Waals surface area (Å²) >= 11 is 0. The SMILES string of the molecule is CC(C)n1ncnc1CC1(O)CCCC(N)C1. The molecule has 1 heterocycles. The first kappa shape index (κ1) is 12.5. The summed E-state index contributed by atoms with van der Waals surface area (Å²) in [5.41, 5.74) is 5.24. The molecule has 1 fully saturated rings. The molecule has 5 nitrogen and oxygen atoms in total. The van der Waals surface area contributed by atoms with Crippen molar-refractivity contribution in [1.29, 1.82) is 0 Å². The number of nitrogens with two attached hydrogens (primary N) is 1. The molecule has 5 heteroatoms. The Morgan fingerprint density at radius 1 is 1.65 bits per heavy atom. The van der Waals surface area contributed by atoms with Crippen LogP contribution in [-0.4, -0.2) is 31.5 Å². The maximum Gasteiger partial charge on any atom is 0.138 e. The lowest BCUT2D eigenvalue weighted by Gasteiger charge is -2.35. The smallest absolute Gasteiger partial charge is 0.138 e. The zero-order valence-corrected chi connectivity index (χ0v) is 10.6. The van der Waals surface area contributed by atoms with Gasteiger partial charge in [-0.1, -0.05) is 0 Å². The van der Waals surface area contributed by atoms with Gasteiger partial charge < -0.3 is 10.8 Å². The third-order valence-electron chi connectivity index (χ3n) is 3.48. The normalized spacial score (nSPS) is 29.8. The Balaban J connectivity index is 2.11. The van der Waals surface area contributed by atoms with E-state index in [-0.39, 0.29) is 12.1 Å². The summed E-state index contributed by atoms with van der Waals surface area (Å²) in [5.74, 6) is 0.858. The van der Waals surface area contributed by atoms with Crippen molar-refractivity contribution in [2.45, 2.75) is 63.6 Å². The van der Waals surface area contributed by atoms with E-state index in [1.54, 1.807) is 6.33 Å². The van der Waals surface area contributed by atoms with Crippen LogP contribution in [0.2, 0.25) is 0 Å². The van der Waals surface area contributed by atoms with Crippen LogP contribution in [0.4, 0.5) is 0 Å². The van der Waals surface area contributed by atoms with Crippen molar-refractivity contribution in [3.05, 3.63) is 12.2 Å².